The molecule has 2 aromatic heterocycles. The van der Waals surface area contributed by atoms with Gasteiger partial charge in [-0.25, -0.2) is 0 Å². The van der Waals surface area contributed by atoms with Crippen LogP contribution in [0.3, 0.4) is 0 Å². The maximum absolute atomic E-state index is 13.5. The maximum atomic E-state index is 13.5. The fourth-order valence-corrected chi connectivity index (χ4v) is 3.50. The topological polar surface area (TPSA) is 90.9 Å². The summed E-state index contributed by atoms with van der Waals surface area (Å²) in [6.07, 6.45) is -1.78. The SMILES string of the molecule is CC(C)(O)c1cc(-c2ccccc2)c(NC(=O)c2ccc(C(F)(F)F)c(-c3cc[nH]n3)c2)cn1. The average Bonchev–Trinajstić information content (AvgIpc) is 3.33. The van der Waals surface area contributed by atoms with E-state index >= 15 is 0 Å². The van der Waals surface area contributed by atoms with E-state index in [1.165, 1.54) is 18.5 Å². The molecule has 34 heavy (non-hydrogen) atoms. The van der Waals surface area contributed by atoms with Gasteiger partial charge >= 0.3 is 6.18 Å². The molecule has 0 spiro atoms. The van der Waals surface area contributed by atoms with Gasteiger partial charge in [0.1, 0.15) is 5.60 Å². The van der Waals surface area contributed by atoms with E-state index in [1.807, 2.05) is 30.3 Å². The number of hydrogen-bond acceptors (Lipinski definition) is 4. The number of halogens is 3. The number of anilines is 1. The first-order valence-corrected chi connectivity index (χ1v) is 10.3. The van der Waals surface area contributed by atoms with E-state index in [0.29, 0.717) is 16.9 Å². The minimum absolute atomic E-state index is 0.0246. The summed E-state index contributed by atoms with van der Waals surface area (Å²) in [7, 11) is 0. The summed E-state index contributed by atoms with van der Waals surface area (Å²) in [5, 5.41) is 19.4. The van der Waals surface area contributed by atoms with Gasteiger partial charge in [-0.05, 0) is 49.7 Å². The van der Waals surface area contributed by atoms with Gasteiger partial charge in [0.25, 0.3) is 5.91 Å². The number of rotatable bonds is 5. The molecule has 0 aliphatic carbocycles. The number of aliphatic hydroxyl groups is 1. The van der Waals surface area contributed by atoms with E-state index in [1.54, 1.807) is 19.9 Å². The van der Waals surface area contributed by atoms with Crippen LogP contribution in [0.25, 0.3) is 22.4 Å². The number of carbonyl (C=O) groups is 1. The molecule has 2 aromatic carbocycles. The van der Waals surface area contributed by atoms with Gasteiger partial charge in [-0.1, -0.05) is 30.3 Å². The Kier molecular flexibility index (Phi) is 5.97. The number of aromatic nitrogens is 3. The fraction of sp³-hybridized carbons (Fsp3) is 0.160. The van der Waals surface area contributed by atoms with Crippen molar-refractivity contribution in [2.75, 3.05) is 5.32 Å². The first-order valence-electron chi connectivity index (χ1n) is 10.3. The number of aromatic amines is 1. The summed E-state index contributed by atoms with van der Waals surface area (Å²) in [5.41, 5.74) is -0.0731. The summed E-state index contributed by atoms with van der Waals surface area (Å²) in [6.45, 7) is 3.20. The van der Waals surface area contributed by atoms with Crippen LogP contribution in [0, 0.1) is 0 Å². The van der Waals surface area contributed by atoms with Crippen LogP contribution in [-0.4, -0.2) is 26.2 Å². The van der Waals surface area contributed by atoms with Crippen LogP contribution < -0.4 is 5.32 Å². The first-order chi connectivity index (χ1) is 16.0. The van der Waals surface area contributed by atoms with Crippen molar-refractivity contribution in [3.63, 3.8) is 0 Å². The molecule has 6 nitrogen and oxygen atoms in total. The van der Waals surface area contributed by atoms with Crippen LogP contribution in [0.15, 0.2) is 73.1 Å². The van der Waals surface area contributed by atoms with E-state index in [-0.39, 0.29) is 16.8 Å². The minimum Gasteiger partial charge on any atom is -0.384 e. The molecule has 0 bridgehead atoms. The molecule has 0 fully saturated rings. The molecule has 0 aliphatic rings. The molecule has 0 atom stereocenters. The van der Waals surface area contributed by atoms with Crippen molar-refractivity contribution in [2.24, 2.45) is 0 Å². The Morgan fingerprint density at radius 1 is 1.00 bits per heavy atom. The Morgan fingerprint density at radius 3 is 2.35 bits per heavy atom. The second kappa shape index (κ2) is 8.75. The largest absolute Gasteiger partial charge is 0.417 e. The summed E-state index contributed by atoms with van der Waals surface area (Å²) in [4.78, 5) is 17.3. The number of H-pyrrole nitrogens is 1. The number of amides is 1. The minimum atomic E-state index is -4.61. The van der Waals surface area contributed by atoms with Crippen molar-refractivity contribution in [3.05, 3.63) is 89.9 Å². The van der Waals surface area contributed by atoms with Gasteiger partial charge in [0.2, 0.25) is 0 Å². The standard InChI is InChI=1S/C25H21F3N4O2/c1-24(2,34)22-13-17(15-6-4-3-5-7-15)21(14-29-22)31-23(33)16-8-9-19(25(26,27)28)18(12-16)20-10-11-30-32-20/h3-14,34H,1-2H3,(H,30,32)(H,31,33). The molecule has 0 aliphatic heterocycles. The van der Waals surface area contributed by atoms with Gasteiger partial charge < -0.3 is 10.4 Å². The molecular formula is C25H21F3N4O2. The average molecular weight is 466 g/mol. The van der Waals surface area contributed by atoms with Crippen LogP contribution in [0.5, 0.6) is 0 Å². The van der Waals surface area contributed by atoms with Crippen molar-refractivity contribution >= 4 is 11.6 Å². The highest BCUT2D eigenvalue weighted by atomic mass is 19.4. The van der Waals surface area contributed by atoms with Crippen molar-refractivity contribution in [2.45, 2.75) is 25.6 Å². The smallest absolute Gasteiger partial charge is 0.384 e. The zero-order valence-electron chi connectivity index (χ0n) is 18.3. The lowest BCUT2D eigenvalue weighted by Gasteiger charge is -2.20. The molecule has 4 rings (SSSR count). The molecule has 3 N–H and O–H groups in total. The van der Waals surface area contributed by atoms with Crippen molar-refractivity contribution < 1.29 is 23.1 Å². The van der Waals surface area contributed by atoms with Crippen molar-refractivity contribution in [3.8, 4) is 22.4 Å². The zero-order valence-corrected chi connectivity index (χ0v) is 18.3. The second-order valence-electron chi connectivity index (χ2n) is 8.21. The maximum Gasteiger partial charge on any atom is 0.417 e. The molecule has 2 heterocycles. The van der Waals surface area contributed by atoms with Gasteiger partial charge in [-0.3, -0.25) is 14.9 Å². The molecule has 0 radical (unpaired) electrons. The molecule has 0 unspecified atom stereocenters. The highest BCUT2D eigenvalue weighted by molar-refractivity contribution is 6.07. The summed E-state index contributed by atoms with van der Waals surface area (Å²) >= 11 is 0. The highest BCUT2D eigenvalue weighted by Crippen LogP contribution is 2.37. The van der Waals surface area contributed by atoms with E-state index < -0.39 is 23.2 Å². The van der Waals surface area contributed by atoms with Gasteiger partial charge in [-0.15, -0.1) is 0 Å². The number of hydrogen-bond donors (Lipinski definition) is 3. The van der Waals surface area contributed by atoms with Crippen LogP contribution in [0.2, 0.25) is 0 Å². The normalized spacial score (nSPS) is 11.9. The zero-order chi connectivity index (χ0) is 24.5. The lowest BCUT2D eigenvalue weighted by Crippen LogP contribution is -2.19. The third kappa shape index (κ3) is 4.84. The monoisotopic (exact) mass is 466 g/mol. The first kappa shape index (κ1) is 23.2. The van der Waals surface area contributed by atoms with E-state index in [4.69, 9.17) is 0 Å². The predicted octanol–water partition coefficient (Wildman–Crippen LogP) is 5.64. The summed E-state index contributed by atoms with van der Waals surface area (Å²) in [5.74, 6) is -0.611. The molecule has 9 heteroatoms. The highest BCUT2D eigenvalue weighted by Gasteiger charge is 2.34. The number of nitrogens with one attached hydrogen (secondary N) is 2. The van der Waals surface area contributed by atoms with Crippen LogP contribution >= 0.6 is 0 Å². The van der Waals surface area contributed by atoms with E-state index in [9.17, 15) is 23.1 Å². The summed E-state index contributed by atoms with van der Waals surface area (Å²) in [6, 6.07) is 15.4. The van der Waals surface area contributed by atoms with Crippen LogP contribution in [0.4, 0.5) is 18.9 Å². The Labute approximate surface area is 193 Å². The van der Waals surface area contributed by atoms with E-state index in [0.717, 1.165) is 23.8 Å². The van der Waals surface area contributed by atoms with Crippen molar-refractivity contribution in [1.82, 2.24) is 15.2 Å². The van der Waals surface area contributed by atoms with Gasteiger partial charge in [0.15, 0.2) is 0 Å². The Morgan fingerprint density at radius 2 is 1.74 bits per heavy atom. The lowest BCUT2D eigenvalue weighted by atomic mass is 9.98. The number of pyridine rings is 1. The molecule has 0 saturated carbocycles. The fourth-order valence-electron chi connectivity index (χ4n) is 3.50. The Hall–Kier alpha value is -3.98. The molecule has 4 aromatic rings. The predicted molar refractivity (Wildman–Crippen MR) is 122 cm³/mol. The third-order valence-electron chi connectivity index (χ3n) is 5.23. The van der Waals surface area contributed by atoms with Gasteiger partial charge in [0, 0.05) is 22.9 Å². The molecule has 0 saturated heterocycles. The second-order valence-corrected chi connectivity index (χ2v) is 8.21. The third-order valence-corrected chi connectivity index (χ3v) is 5.23. The van der Waals surface area contributed by atoms with Crippen LogP contribution in [-0.2, 0) is 11.8 Å². The van der Waals surface area contributed by atoms with Gasteiger partial charge in [-0.2, -0.15) is 18.3 Å². The number of carbonyl (C=O) groups excluding carboxylic acids is 1. The van der Waals surface area contributed by atoms with Gasteiger partial charge in [0.05, 0.1) is 28.8 Å². The van der Waals surface area contributed by atoms with Crippen LogP contribution in [0.1, 0.15) is 35.5 Å². The van der Waals surface area contributed by atoms with Crippen molar-refractivity contribution in [1.29, 1.82) is 0 Å². The van der Waals surface area contributed by atoms with E-state index in [2.05, 4.69) is 20.5 Å². The lowest BCUT2D eigenvalue weighted by molar-refractivity contribution is -0.137. The summed E-state index contributed by atoms with van der Waals surface area (Å²) < 4.78 is 40.6. The number of nitrogens with zero attached hydrogens (tertiary/aromatic N) is 2. The Bertz CT molecular complexity index is 1310. The molecule has 1 amide bonds. The Balaban J connectivity index is 1.74. The molecular weight excluding hydrogens is 445 g/mol. The quantitative estimate of drug-likeness (QED) is 0.355. The number of alkyl halides is 3. The number of benzene rings is 2. The molecule has 174 valence electrons.